The van der Waals surface area contributed by atoms with Crippen LogP contribution in [0.25, 0.3) is 16.7 Å². The molecule has 0 bridgehead atoms. The van der Waals surface area contributed by atoms with Crippen LogP contribution >= 0.6 is 11.3 Å². The third kappa shape index (κ3) is 5.06. The van der Waals surface area contributed by atoms with E-state index in [2.05, 4.69) is 5.32 Å². The van der Waals surface area contributed by atoms with Gasteiger partial charge in [-0.05, 0) is 76.1 Å². The summed E-state index contributed by atoms with van der Waals surface area (Å²) in [6, 6.07) is 5.08. The minimum atomic E-state index is -0.573. The number of methoxy groups -OCH3 is 1. The maximum absolute atomic E-state index is 13.7. The van der Waals surface area contributed by atoms with Crippen LogP contribution < -0.4 is 16.4 Å². The lowest BCUT2D eigenvalue weighted by atomic mass is 9.95. The van der Waals surface area contributed by atoms with Gasteiger partial charge in [0.15, 0.2) is 0 Å². The standard InChI is InChI=1S/C29H33N5O5S/c1-16(2)39-14-8-13-33-23(30)19(15-20-25(33)31-24-17(3)9-7-12-34(24)28(20)36)26(35)32-27-22(29(37)38-4)18-10-5-6-11-21(18)40-27/h7,9,12,15-16,30H,5-6,8,10-11,13-14H2,1-4H3,(H,32,35). The number of esters is 1. The molecule has 4 heterocycles. The Labute approximate surface area is 235 Å². The molecule has 0 aromatic carbocycles. The minimum absolute atomic E-state index is 0.0194. The van der Waals surface area contributed by atoms with Crippen LogP contribution in [0.15, 0.2) is 29.2 Å². The fraction of sp³-hybridized carbons (Fsp3) is 0.414. The molecule has 0 fully saturated rings. The van der Waals surface area contributed by atoms with Crippen molar-refractivity contribution in [1.82, 2.24) is 14.0 Å². The molecular formula is C29H33N5O5S. The van der Waals surface area contributed by atoms with E-state index < -0.39 is 11.9 Å². The predicted octanol–water partition coefficient (Wildman–Crippen LogP) is 4.23. The molecule has 0 atom stereocenters. The first-order valence-corrected chi connectivity index (χ1v) is 14.3. The van der Waals surface area contributed by atoms with Gasteiger partial charge in [-0.2, -0.15) is 0 Å². The van der Waals surface area contributed by atoms with Gasteiger partial charge in [0.2, 0.25) is 0 Å². The van der Waals surface area contributed by atoms with Crippen molar-refractivity contribution in [2.24, 2.45) is 0 Å². The number of aryl methyl sites for hydroxylation is 3. The minimum Gasteiger partial charge on any atom is -0.465 e. The number of anilines is 1. The van der Waals surface area contributed by atoms with Crippen LogP contribution in [0.2, 0.25) is 0 Å². The Morgan fingerprint density at radius 1 is 1.23 bits per heavy atom. The van der Waals surface area contributed by atoms with Crippen molar-refractivity contribution < 1.29 is 19.1 Å². The van der Waals surface area contributed by atoms with Crippen LogP contribution in [0, 0.1) is 12.3 Å². The number of rotatable bonds is 8. The van der Waals surface area contributed by atoms with Crippen molar-refractivity contribution in [2.45, 2.75) is 65.5 Å². The molecule has 1 aliphatic rings. The van der Waals surface area contributed by atoms with Gasteiger partial charge in [-0.3, -0.25) is 19.4 Å². The van der Waals surface area contributed by atoms with E-state index in [0.29, 0.717) is 41.4 Å². The number of carbonyl (C=O) groups is 2. The molecule has 0 saturated carbocycles. The molecule has 0 saturated heterocycles. The van der Waals surface area contributed by atoms with Gasteiger partial charge in [-0.25, -0.2) is 9.78 Å². The Bertz CT molecular complexity index is 1750. The Morgan fingerprint density at radius 3 is 2.75 bits per heavy atom. The first-order valence-electron chi connectivity index (χ1n) is 13.5. The van der Waals surface area contributed by atoms with Gasteiger partial charge in [0, 0.05) is 24.2 Å². The summed E-state index contributed by atoms with van der Waals surface area (Å²) >= 11 is 1.37. The predicted molar refractivity (Wildman–Crippen MR) is 154 cm³/mol. The molecule has 0 radical (unpaired) electrons. The molecule has 40 heavy (non-hydrogen) atoms. The van der Waals surface area contributed by atoms with Crippen molar-refractivity contribution >= 4 is 44.9 Å². The van der Waals surface area contributed by atoms with Gasteiger partial charge >= 0.3 is 5.97 Å². The zero-order valence-corrected chi connectivity index (χ0v) is 23.9. The fourth-order valence-electron chi connectivity index (χ4n) is 5.17. The largest absolute Gasteiger partial charge is 0.465 e. The molecule has 1 aliphatic carbocycles. The maximum Gasteiger partial charge on any atom is 0.341 e. The summed E-state index contributed by atoms with van der Waals surface area (Å²) in [6.45, 7) is 6.56. The Hall–Kier alpha value is -3.83. The number of fused-ring (bicyclic) bond motifs is 3. The lowest BCUT2D eigenvalue weighted by Gasteiger charge is -2.16. The van der Waals surface area contributed by atoms with E-state index in [1.54, 1.807) is 16.8 Å². The molecule has 4 aromatic heterocycles. The van der Waals surface area contributed by atoms with E-state index in [1.807, 2.05) is 26.8 Å². The second-order valence-corrected chi connectivity index (χ2v) is 11.3. The number of hydrogen-bond acceptors (Lipinski definition) is 8. The molecule has 4 aromatic rings. The molecule has 5 rings (SSSR count). The summed E-state index contributed by atoms with van der Waals surface area (Å²) in [5.41, 5.74) is 2.58. The second-order valence-electron chi connectivity index (χ2n) is 10.2. The summed E-state index contributed by atoms with van der Waals surface area (Å²) in [6.07, 6.45) is 5.84. The topological polar surface area (TPSA) is 128 Å². The Morgan fingerprint density at radius 2 is 2.00 bits per heavy atom. The highest BCUT2D eigenvalue weighted by molar-refractivity contribution is 7.17. The molecule has 11 heteroatoms. The molecule has 210 valence electrons. The summed E-state index contributed by atoms with van der Waals surface area (Å²) < 4.78 is 13.8. The van der Waals surface area contributed by atoms with E-state index in [0.717, 1.165) is 41.7 Å². The normalized spacial score (nSPS) is 13.1. The van der Waals surface area contributed by atoms with Gasteiger partial charge < -0.3 is 19.4 Å². The average molecular weight is 564 g/mol. The van der Waals surface area contributed by atoms with Gasteiger partial charge in [0.05, 0.1) is 29.7 Å². The lowest BCUT2D eigenvalue weighted by Crippen LogP contribution is -2.32. The zero-order chi connectivity index (χ0) is 28.6. The summed E-state index contributed by atoms with van der Waals surface area (Å²) in [7, 11) is 1.32. The number of hydrogen-bond donors (Lipinski definition) is 2. The van der Waals surface area contributed by atoms with Crippen LogP contribution in [-0.2, 0) is 28.9 Å². The highest BCUT2D eigenvalue weighted by Crippen LogP contribution is 2.38. The smallest absolute Gasteiger partial charge is 0.341 e. The number of aromatic nitrogens is 3. The van der Waals surface area contributed by atoms with Gasteiger partial charge in [-0.1, -0.05) is 6.07 Å². The van der Waals surface area contributed by atoms with Crippen molar-refractivity contribution in [2.75, 3.05) is 19.0 Å². The highest BCUT2D eigenvalue weighted by Gasteiger charge is 2.28. The SMILES string of the molecule is COC(=O)c1c(NC(=O)c2cc3c(=O)n4cccc(C)c4nc3n(CCCOC(C)C)c2=N)sc2c1CCCC2. The average Bonchev–Trinajstić information content (AvgIpc) is 3.29. The number of nitrogens with one attached hydrogen (secondary N) is 2. The Kier molecular flexibility index (Phi) is 7.86. The van der Waals surface area contributed by atoms with Crippen LogP contribution in [0.3, 0.4) is 0 Å². The number of nitrogens with zero attached hydrogens (tertiary/aromatic N) is 3. The number of carbonyl (C=O) groups excluding carboxylic acids is 2. The Balaban J connectivity index is 1.63. The molecule has 0 unspecified atom stereocenters. The van der Waals surface area contributed by atoms with Gasteiger partial charge in [0.25, 0.3) is 11.5 Å². The van der Waals surface area contributed by atoms with Crippen LogP contribution in [0.5, 0.6) is 0 Å². The van der Waals surface area contributed by atoms with E-state index in [4.69, 9.17) is 19.9 Å². The fourth-order valence-corrected chi connectivity index (χ4v) is 6.44. The van der Waals surface area contributed by atoms with Gasteiger partial charge in [0.1, 0.15) is 21.8 Å². The zero-order valence-electron chi connectivity index (χ0n) is 23.1. The third-order valence-electron chi connectivity index (χ3n) is 7.14. The molecular weight excluding hydrogens is 530 g/mol. The monoisotopic (exact) mass is 563 g/mol. The molecule has 1 amide bonds. The van der Waals surface area contributed by atoms with E-state index in [9.17, 15) is 14.4 Å². The van der Waals surface area contributed by atoms with Crippen molar-refractivity contribution in [1.29, 1.82) is 5.41 Å². The van der Waals surface area contributed by atoms with Crippen molar-refractivity contribution in [3.8, 4) is 0 Å². The van der Waals surface area contributed by atoms with Crippen molar-refractivity contribution in [3.05, 3.63) is 67.4 Å². The van der Waals surface area contributed by atoms with Crippen LogP contribution in [-0.4, -0.2) is 45.6 Å². The molecule has 0 spiro atoms. The summed E-state index contributed by atoms with van der Waals surface area (Å²) in [4.78, 5) is 45.8. The van der Waals surface area contributed by atoms with Crippen LogP contribution in [0.1, 0.15) is 69.8 Å². The van der Waals surface area contributed by atoms with E-state index >= 15 is 0 Å². The molecule has 10 nitrogen and oxygen atoms in total. The number of amides is 1. The maximum atomic E-state index is 13.7. The quantitative estimate of drug-likeness (QED) is 0.188. The molecule has 2 N–H and O–H groups in total. The number of ether oxygens (including phenoxy) is 2. The second kappa shape index (κ2) is 11.3. The summed E-state index contributed by atoms with van der Waals surface area (Å²) in [5.74, 6) is -1.07. The van der Waals surface area contributed by atoms with E-state index in [1.165, 1.54) is 28.9 Å². The highest BCUT2D eigenvalue weighted by atomic mass is 32.1. The van der Waals surface area contributed by atoms with Gasteiger partial charge in [-0.15, -0.1) is 11.3 Å². The molecule has 0 aliphatic heterocycles. The van der Waals surface area contributed by atoms with Crippen LogP contribution in [0.4, 0.5) is 5.00 Å². The lowest BCUT2D eigenvalue weighted by molar-refractivity contribution is 0.0601. The number of pyridine rings is 2. The number of thiophene rings is 1. The first kappa shape index (κ1) is 27.7. The first-order chi connectivity index (χ1) is 19.2. The van der Waals surface area contributed by atoms with Crippen molar-refractivity contribution in [3.63, 3.8) is 0 Å². The summed E-state index contributed by atoms with van der Waals surface area (Å²) in [5, 5.41) is 12.5. The third-order valence-corrected chi connectivity index (χ3v) is 8.35. The van der Waals surface area contributed by atoms with E-state index in [-0.39, 0.29) is 28.1 Å².